The molecule has 0 spiro atoms. The number of nitrogens with one attached hydrogen (secondary N) is 1. The number of nitrogens with zero attached hydrogens (tertiary/aromatic N) is 3. The van der Waals surface area contributed by atoms with Crippen molar-refractivity contribution in [3.63, 3.8) is 0 Å². The zero-order valence-corrected chi connectivity index (χ0v) is 12.8. The maximum Gasteiger partial charge on any atom is 0.237 e. The quantitative estimate of drug-likeness (QED) is 0.758. The van der Waals surface area contributed by atoms with Crippen LogP contribution in [-0.2, 0) is 6.42 Å². The molecule has 0 aliphatic carbocycles. The number of rotatable bonds is 8. The van der Waals surface area contributed by atoms with Crippen molar-refractivity contribution >= 4 is 17.5 Å². The van der Waals surface area contributed by atoms with Crippen molar-refractivity contribution in [1.29, 1.82) is 0 Å². The molecular formula is C15H19ClN4O. The summed E-state index contributed by atoms with van der Waals surface area (Å²) in [5, 5.41) is 3.54. The molecule has 6 heteroatoms. The van der Waals surface area contributed by atoms with Crippen LogP contribution in [0.4, 0.5) is 5.95 Å². The first-order chi connectivity index (χ1) is 10.3. The Balaban J connectivity index is 1.82. The van der Waals surface area contributed by atoms with Gasteiger partial charge >= 0.3 is 0 Å². The SMILES string of the molecule is CCCNc1ncc(Cl)c(OCCCc2ccncc2)n1. The van der Waals surface area contributed by atoms with E-state index in [1.54, 1.807) is 18.6 Å². The van der Waals surface area contributed by atoms with E-state index in [4.69, 9.17) is 16.3 Å². The number of hydrogen-bond acceptors (Lipinski definition) is 5. The first-order valence-electron chi connectivity index (χ1n) is 7.07. The zero-order chi connectivity index (χ0) is 14.9. The van der Waals surface area contributed by atoms with E-state index in [0.717, 1.165) is 25.8 Å². The predicted octanol–water partition coefficient (Wildman–Crippen LogP) is 3.36. The Morgan fingerprint density at radius 1 is 1.29 bits per heavy atom. The van der Waals surface area contributed by atoms with Gasteiger partial charge < -0.3 is 10.1 Å². The molecule has 0 aliphatic heterocycles. The van der Waals surface area contributed by atoms with Gasteiger partial charge in [0.05, 0.1) is 12.8 Å². The molecule has 0 bridgehead atoms. The van der Waals surface area contributed by atoms with Gasteiger partial charge in [-0.2, -0.15) is 4.98 Å². The Labute approximate surface area is 129 Å². The smallest absolute Gasteiger partial charge is 0.237 e. The number of halogens is 1. The first kappa shape index (κ1) is 15.5. The summed E-state index contributed by atoms with van der Waals surface area (Å²) < 4.78 is 5.64. The summed E-state index contributed by atoms with van der Waals surface area (Å²) in [5.74, 6) is 0.977. The lowest BCUT2D eigenvalue weighted by molar-refractivity contribution is 0.299. The Kier molecular flexibility index (Phi) is 6.22. The van der Waals surface area contributed by atoms with Crippen LogP contribution >= 0.6 is 11.6 Å². The van der Waals surface area contributed by atoms with Crippen LogP contribution in [0.25, 0.3) is 0 Å². The molecule has 0 atom stereocenters. The van der Waals surface area contributed by atoms with E-state index < -0.39 is 0 Å². The van der Waals surface area contributed by atoms with Gasteiger partial charge in [-0.05, 0) is 37.0 Å². The molecule has 21 heavy (non-hydrogen) atoms. The van der Waals surface area contributed by atoms with Crippen LogP contribution < -0.4 is 10.1 Å². The molecule has 2 aromatic heterocycles. The van der Waals surface area contributed by atoms with Crippen LogP contribution in [0, 0.1) is 0 Å². The van der Waals surface area contributed by atoms with Crippen LogP contribution in [0.1, 0.15) is 25.3 Å². The van der Waals surface area contributed by atoms with Crippen molar-refractivity contribution in [3.05, 3.63) is 41.3 Å². The summed E-state index contributed by atoms with van der Waals surface area (Å²) in [6.45, 7) is 3.47. The molecule has 0 saturated heterocycles. The molecule has 0 unspecified atom stereocenters. The minimum absolute atomic E-state index is 0.431. The third-order valence-corrected chi connectivity index (χ3v) is 3.10. The molecule has 0 aromatic carbocycles. The summed E-state index contributed by atoms with van der Waals surface area (Å²) in [6.07, 6.45) is 7.99. The van der Waals surface area contributed by atoms with Gasteiger partial charge in [0.1, 0.15) is 5.02 Å². The molecule has 0 aliphatic rings. The fraction of sp³-hybridized carbons (Fsp3) is 0.400. The number of pyridine rings is 1. The molecule has 0 radical (unpaired) electrons. The van der Waals surface area contributed by atoms with Gasteiger partial charge in [-0.3, -0.25) is 4.98 Å². The van der Waals surface area contributed by atoms with Gasteiger partial charge in [0, 0.05) is 18.9 Å². The van der Waals surface area contributed by atoms with Crippen LogP contribution in [0.3, 0.4) is 0 Å². The minimum Gasteiger partial charge on any atom is -0.476 e. The highest BCUT2D eigenvalue weighted by Crippen LogP contribution is 2.22. The summed E-state index contributed by atoms with van der Waals surface area (Å²) >= 11 is 6.04. The van der Waals surface area contributed by atoms with Crippen molar-refractivity contribution in [2.75, 3.05) is 18.5 Å². The fourth-order valence-corrected chi connectivity index (χ4v) is 1.91. The van der Waals surface area contributed by atoms with Crippen molar-refractivity contribution in [1.82, 2.24) is 15.0 Å². The molecule has 0 saturated carbocycles. The van der Waals surface area contributed by atoms with E-state index in [2.05, 4.69) is 27.2 Å². The standard InChI is InChI=1S/C15H19ClN4O/c1-2-7-18-15-19-11-13(16)14(20-15)21-10-3-4-12-5-8-17-9-6-12/h5-6,8-9,11H,2-4,7,10H2,1H3,(H,18,19,20). The first-order valence-corrected chi connectivity index (χ1v) is 7.45. The van der Waals surface area contributed by atoms with Crippen LogP contribution in [0.2, 0.25) is 5.02 Å². The molecule has 0 amide bonds. The van der Waals surface area contributed by atoms with E-state index in [9.17, 15) is 0 Å². The Hall–Kier alpha value is -1.88. The number of ether oxygens (including phenoxy) is 1. The lowest BCUT2D eigenvalue weighted by atomic mass is 10.1. The second-order valence-electron chi connectivity index (χ2n) is 4.58. The number of anilines is 1. The van der Waals surface area contributed by atoms with Gasteiger partial charge in [0.15, 0.2) is 0 Å². The van der Waals surface area contributed by atoms with Gasteiger partial charge in [0.25, 0.3) is 0 Å². The maximum absolute atomic E-state index is 6.04. The maximum atomic E-state index is 6.04. The molecule has 2 aromatic rings. The van der Waals surface area contributed by atoms with Gasteiger partial charge in [-0.25, -0.2) is 4.98 Å². The van der Waals surface area contributed by atoms with Crippen LogP contribution in [-0.4, -0.2) is 28.1 Å². The summed E-state index contributed by atoms with van der Waals surface area (Å²) in [7, 11) is 0. The molecule has 112 valence electrons. The highest BCUT2D eigenvalue weighted by molar-refractivity contribution is 6.31. The predicted molar refractivity (Wildman–Crippen MR) is 83.9 cm³/mol. The highest BCUT2D eigenvalue weighted by Gasteiger charge is 2.06. The normalized spacial score (nSPS) is 10.4. The molecule has 5 nitrogen and oxygen atoms in total. The lowest BCUT2D eigenvalue weighted by Crippen LogP contribution is -2.07. The summed E-state index contributed by atoms with van der Waals surface area (Å²) in [4.78, 5) is 12.4. The Morgan fingerprint density at radius 3 is 2.86 bits per heavy atom. The molecule has 2 heterocycles. The molecule has 2 rings (SSSR count). The van der Waals surface area contributed by atoms with Crippen LogP contribution in [0.15, 0.2) is 30.7 Å². The highest BCUT2D eigenvalue weighted by atomic mass is 35.5. The fourth-order valence-electron chi connectivity index (χ4n) is 1.77. The Bertz CT molecular complexity index is 551. The average molecular weight is 307 g/mol. The largest absolute Gasteiger partial charge is 0.476 e. The third kappa shape index (κ3) is 5.19. The summed E-state index contributed by atoms with van der Waals surface area (Å²) in [5.41, 5.74) is 1.24. The number of aromatic nitrogens is 3. The number of hydrogen-bond donors (Lipinski definition) is 1. The topological polar surface area (TPSA) is 59.9 Å². The second-order valence-corrected chi connectivity index (χ2v) is 4.99. The minimum atomic E-state index is 0.431. The van der Waals surface area contributed by atoms with E-state index in [0.29, 0.717) is 23.5 Å². The third-order valence-electron chi connectivity index (χ3n) is 2.84. The monoisotopic (exact) mass is 306 g/mol. The summed E-state index contributed by atoms with van der Waals surface area (Å²) in [6, 6.07) is 4.01. The average Bonchev–Trinajstić information content (AvgIpc) is 2.53. The Morgan fingerprint density at radius 2 is 2.10 bits per heavy atom. The lowest BCUT2D eigenvalue weighted by Gasteiger charge is -2.09. The second kappa shape index (κ2) is 8.42. The van der Waals surface area contributed by atoms with Crippen molar-refractivity contribution in [2.45, 2.75) is 26.2 Å². The van der Waals surface area contributed by atoms with Gasteiger partial charge in [0.2, 0.25) is 11.8 Å². The van der Waals surface area contributed by atoms with E-state index in [-0.39, 0.29) is 0 Å². The molecule has 1 N–H and O–H groups in total. The molecule has 0 fully saturated rings. The van der Waals surface area contributed by atoms with E-state index in [1.807, 2.05) is 12.1 Å². The van der Waals surface area contributed by atoms with Gasteiger partial charge in [-0.1, -0.05) is 18.5 Å². The van der Waals surface area contributed by atoms with Crippen molar-refractivity contribution < 1.29 is 4.74 Å². The molecular weight excluding hydrogens is 288 g/mol. The van der Waals surface area contributed by atoms with Gasteiger partial charge in [-0.15, -0.1) is 0 Å². The van der Waals surface area contributed by atoms with Crippen molar-refractivity contribution in [2.24, 2.45) is 0 Å². The zero-order valence-electron chi connectivity index (χ0n) is 12.1. The van der Waals surface area contributed by atoms with Crippen molar-refractivity contribution in [3.8, 4) is 5.88 Å². The van der Waals surface area contributed by atoms with E-state index in [1.165, 1.54) is 5.56 Å². The van der Waals surface area contributed by atoms with Crippen LogP contribution in [0.5, 0.6) is 5.88 Å². The van der Waals surface area contributed by atoms with E-state index >= 15 is 0 Å². The number of aryl methyl sites for hydroxylation is 1.